The topological polar surface area (TPSA) is 175 Å². The second-order valence-corrected chi connectivity index (χ2v) is 10.0. The van der Waals surface area contributed by atoms with E-state index in [-0.39, 0.29) is 33.5 Å². The molecular weight excluding hydrogens is 519 g/mol. The van der Waals surface area contributed by atoms with Crippen LogP contribution in [-0.2, 0) is 10.0 Å². The summed E-state index contributed by atoms with van der Waals surface area (Å²) in [7, 11) is -4.49. The molecule has 0 aliphatic carbocycles. The fourth-order valence-corrected chi connectivity index (χ4v) is 5.36. The first kappa shape index (κ1) is 26.1. The molecule has 0 fully saturated rings. The number of amides is 5. The second kappa shape index (κ2) is 10.4. The molecule has 2 aromatic carbocycles. The highest BCUT2D eigenvalue weighted by Crippen LogP contribution is 2.37. The minimum atomic E-state index is -4.49. The monoisotopic (exact) mass is 540 g/mol. The van der Waals surface area contributed by atoms with Gasteiger partial charge in [-0.25, -0.2) is 22.7 Å². The number of urea groups is 2. The Kier molecular flexibility index (Phi) is 7.78. The van der Waals surface area contributed by atoms with E-state index in [9.17, 15) is 22.8 Å². The van der Waals surface area contributed by atoms with Gasteiger partial charge in [0.05, 0.1) is 10.0 Å². The number of anilines is 1. The number of carbonyl (C=O) groups excluding carboxylic acids is 3. The number of fused-ring (bicyclic) bond motifs is 1. The Labute approximate surface area is 210 Å². The van der Waals surface area contributed by atoms with Gasteiger partial charge < -0.3 is 26.7 Å². The first-order chi connectivity index (χ1) is 16.4. The zero-order valence-corrected chi connectivity index (χ0v) is 20.9. The van der Waals surface area contributed by atoms with Gasteiger partial charge >= 0.3 is 12.1 Å². The summed E-state index contributed by atoms with van der Waals surface area (Å²) in [6.45, 7) is 3.00. The molecule has 0 saturated heterocycles. The average molecular weight is 541 g/mol. The summed E-state index contributed by atoms with van der Waals surface area (Å²) in [5.41, 5.74) is 6.43. The Balaban J connectivity index is 1.79. The predicted octanol–water partition coefficient (Wildman–Crippen LogP) is 3.08. The predicted molar refractivity (Wildman–Crippen MR) is 133 cm³/mol. The largest absolute Gasteiger partial charge is 0.352 e. The number of primary amides is 1. The van der Waals surface area contributed by atoms with E-state index in [1.54, 1.807) is 6.07 Å². The molecule has 5 amide bonds. The van der Waals surface area contributed by atoms with Gasteiger partial charge in [0.15, 0.2) is 0 Å². The van der Waals surface area contributed by atoms with Crippen LogP contribution in [0.2, 0.25) is 10.0 Å². The fourth-order valence-electron chi connectivity index (χ4n) is 3.19. The summed E-state index contributed by atoms with van der Waals surface area (Å²) < 4.78 is 27.4. The summed E-state index contributed by atoms with van der Waals surface area (Å²) in [6.07, 6.45) is 0. The third kappa shape index (κ3) is 6.15. The van der Waals surface area contributed by atoms with Crippen molar-refractivity contribution in [1.29, 1.82) is 0 Å². The molecular formula is C21H22Cl2N6O5S. The molecule has 1 aromatic heterocycles. The molecule has 0 saturated carbocycles. The molecule has 0 radical (unpaired) electrons. The summed E-state index contributed by atoms with van der Waals surface area (Å²) in [5.74, 6) is -0.483. The molecule has 11 nitrogen and oxygen atoms in total. The number of nitrogens with two attached hydrogens (primary N) is 1. The molecule has 0 bridgehead atoms. The van der Waals surface area contributed by atoms with E-state index in [0.29, 0.717) is 0 Å². The molecule has 3 rings (SSSR count). The number of hydrogen-bond acceptors (Lipinski definition) is 5. The lowest BCUT2D eigenvalue weighted by atomic mass is 10.2. The molecule has 0 aliphatic heterocycles. The zero-order chi connectivity index (χ0) is 25.9. The maximum absolute atomic E-state index is 12.8. The van der Waals surface area contributed by atoms with E-state index >= 15 is 0 Å². The number of rotatable bonds is 7. The van der Waals surface area contributed by atoms with Crippen LogP contribution in [0.1, 0.15) is 23.0 Å². The smallest absolute Gasteiger partial charge is 0.328 e. The molecule has 14 heteroatoms. The van der Waals surface area contributed by atoms with Crippen molar-refractivity contribution in [2.75, 3.05) is 11.9 Å². The van der Waals surface area contributed by atoms with Crippen LogP contribution in [0.4, 0.5) is 15.3 Å². The summed E-state index contributed by atoms with van der Waals surface area (Å²) >= 11 is 12.5. The second-order valence-electron chi connectivity index (χ2n) is 7.62. The van der Waals surface area contributed by atoms with Crippen molar-refractivity contribution in [3.8, 4) is 0 Å². The lowest BCUT2D eigenvalue weighted by molar-refractivity contribution is 0.102. The standard InChI is InChI=1S/C21H22Cl2N6O5S/c1-10(9-25-20(24)31)26-21(32)29-35(33,34)18-13(22)8-15(11(2)17(18)23)28-19(30)16-7-12-5-3-4-6-14(12)27-16/h3-8,10,27H,9H2,1-2H3,(H,28,30)(H3,24,25,31)(H2,26,29,32). The van der Waals surface area contributed by atoms with Crippen molar-refractivity contribution in [3.63, 3.8) is 0 Å². The number of hydrogen-bond donors (Lipinski definition) is 6. The fraction of sp³-hybridized carbons (Fsp3) is 0.190. The Bertz CT molecular complexity index is 1390. The average Bonchev–Trinajstić information content (AvgIpc) is 3.19. The van der Waals surface area contributed by atoms with Gasteiger partial charge in [0.1, 0.15) is 10.6 Å². The minimum absolute atomic E-state index is 0.0197. The highest BCUT2D eigenvalue weighted by Gasteiger charge is 2.27. The van der Waals surface area contributed by atoms with Crippen molar-refractivity contribution in [1.82, 2.24) is 20.3 Å². The lowest BCUT2D eigenvalue weighted by Crippen LogP contribution is -2.48. The molecule has 186 valence electrons. The van der Waals surface area contributed by atoms with E-state index in [4.69, 9.17) is 28.9 Å². The Morgan fingerprint density at radius 3 is 2.49 bits per heavy atom. The van der Waals surface area contributed by atoms with Gasteiger partial charge in [0.25, 0.3) is 15.9 Å². The number of aromatic amines is 1. The minimum Gasteiger partial charge on any atom is -0.352 e. The summed E-state index contributed by atoms with van der Waals surface area (Å²) in [4.78, 5) is 38.1. The van der Waals surface area contributed by atoms with Crippen molar-refractivity contribution in [2.24, 2.45) is 5.73 Å². The number of H-pyrrole nitrogens is 1. The molecule has 0 spiro atoms. The third-order valence-electron chi connectivity index (χ3n) is 4.90. The van der Waals surface area contributed by atoms with Gasteiger partial charge in [-0.1, -0.05) is 41.4 Å². The maximum atomic E-state index is 12.8. The quantitative estimate of drug-likeness (QED) is 0.269. The van der Waals surface area contributed by atoms with Crippen molar-refractivity contribution in [2.45, 2.75) is 24.8 Å². The van der Waals surface area contributed by atoms with Gasteiger partial charge in [-0.15, -0.1) is 0 Å². The SMILES string of the molecule is Cc1c(NC(=O)c2cc3ccccc3[nH]2)cc(Cl)c(S(=O)(=O)NC(=O)NC(C)CNC(N)=O)c1Cl. The number of nitrogens with one attached hydrogen (secondary N) is 5. The first-order valence-electron chi connectivity index (χ1n) is 10.1. The van der Waals surface area contributed by atoms with Crippen LogP contribution < -0.4 is 26.4 Å². The zero-order valence-electron chi connectivity index (χ0n) is 18.5. The number of sulfonamides is 1. The normalized spacial score (nSPS) is 12.1. The van der Waals surface area contributed by atoms with Crippen molar-refractivity contribution in [3.05, 3.63) is 57.7 Å². The summed E-state index contributed by atoms with van der Waals surface area (Å²) in [6, 6.07) is 7.75. The van der Waals surface area contributed by atoms with Gasteiger partial charge in [-0.2, -0.15) is 0 Å². The molecule has 35 heavy (non-hydrogen) atoms. The van der Waals surface area contributed by atoms with E-state index in [2.05, 4.69) is 20.9 Å². The van der Waals surface area contributed by atoms with Crippen LogP contribution in [-0.4, -0.2) is 44.0 Å². The number of halogens is 2. The first-order valence-corrected chi connectivity index (χ1v) is 12.4. The van der Waals surface area contributed by atoms with E-state index in [0.717, 1.165) is 10.9 Å². The molecule has 3 aromatic rings. The molecule has 0 aliphatic rings. The third-order valence-corrected chi connectivity index (χ3v) is 7.31. The number of para-hydroxylation sites is 1. The molecule has 1 heterocycles. The number of aromatic nitrogens is 1. The van der Waals surface area contributed by atoms with Gasteiger partial charge in [0, 0.05) is 29.2 Å². The molecule has 1 atom stereocenters. The van der Waals surface area contributed by atoms with Gasteiger partial charge in [-0.05, 0) is 37.6 Å². The van der Waals surface area contributed by atoms with Crippen LogP contribution >= 0.6 is 23.2 Å². The highest BCUT2D eigenvalue weighted by molar-refractivity contribution is 7.90. The summed E-state index contributed by atoms with van der Waals surface area (Å²) in [5, 5.41) is 7.54. The molecule has 7 N–H and O–H groups in total. The lowest BCUT2D eigenvalue weighted by Gasteiger charge is -2.17. The highest BCUT2D eigenvalue weighted by atomic mass is 35.5. The van der Waals surface area contributed by atoms with Crippen LogP contribution in [0.15, 0.2) is 41.3 Å². The Morgan fingerprint density at radius 2 is 1.83 bits per heavy atom. The Morgan fingerprint density at radius 1 is 1.14 bits per heavy atom. The maximum Gasteiger partial charge on any atom is 0.328 e. The van der Waals surface area contributed by atoms with Crippen molar-refractivity contribution >= 4 is 67.8 Å². The van der Waals surface area contributed by atoms with Crippen LogP contribution in [0.3, 0.4) is 0 Å². The van der Waals surface area contributed by atoms with Crippen molar-refractivity contribution < 1.29 is 22.8 Å². The Hall–Kier alpha value is -3.48. The van der Waals surface area contributed by atoms with Crippen LogP contribution in [0.5, 0.6) is 0 Å². The van der Waals surface area contributed by atoms with E-state index < -0.39 is 38.9 Å². The number of benzene rings is 2. The van der Waals surface area contributed by atoms with Crippen LogP contribution in [0, 0.1) is 6.92 Å². The van der Waals surface area contributed by atoms with Crippen LogP contribution in [0.25, 0.3) is 10.9 Å². The van der Waals surface area contributed by atoms with E-state index in [1.165, 1.54) is 19.9 Å². The number of carbonyl (C=O) groups is 3. The molecule has 1 unspecified atom stereocenters. The van der Waals surface area contributed by atoms with Gasteiger partial charge in [0.2, 0.25) is 0 Å². The van der Waals surface area contributed by atoms with Gasteiger partial charge in [-0.3, -0.25) is 4.79 Å². The van der Waals surface area contributed by atoms with E-state index in [1.807, 2.05) is 29.0 Å².